The second kappa shape index (κ2) is 5.31. The van der Waals surface area contributed by atoms with Gasteiger partial charge in [0, 0.05) is 0 Å². The van der Waals surface area contributed by atoms with Gasteiger partial charge in [0.2, 0.25) is 5.91 Å². The summed E-state index contributed by atoms with van der Waals surface area (Å²) in [5.74, 6) is -0.162. The molecule has 0 saturated carbocycles. The molecule has 1 N–H and O–H groups in total. The predicted molar refractivity (Wildman–Crippen MR) is 77.0 cm³/mol. The third kappa shape index (κ3) is 3.74. The second-order valence-electron chi connectivity index (χ2n) is 6.13. The SMILES string of the molecule is CC(C)(C)c1ccc(C(C)(C)NC(=O)CCl)cc1. The summed E-state index contributed by atoms with van der Waals surface area (Å²) >= 11 is 5.52. The van der Waals surface area contributed by atoms with Crippen molar-refractivity contribution >= 4 is 17.5 Å². The first-order valence-corrected chi connectivity index (χ1v) is 6.68. The van der Waals surface area contributed by atoms with Crippen molar-refractivity contribution in [1.29, 1.82) is 0 Å². The molecule has 0 bridgehead atoms. The first kappa shape index (κ1) is 15.0. The Morgan fingerprint density at radius 1 is 1.06 bits per heavy atom. The van der Waals surface area contributed by atoms with Crippen LogP contribution in [0.15, 0.2) is 24.3 Å². The van der Waals surface area contributed by atoms with E-state index in [1.165, 1.54) is 5.56 Å². The van der Waals surface area contributed by atoms with Crippen molar-refractivity contribution in [2.24, 2.45) is 0 Å². The van der Waals surface area contributed by atoms with Gasteiger partial charge < -0.3 is 5.32 Å². The fourth-order valence-corrected chi connectivity index (χ4v) is 1.91. The molecule has 3 heteroatoms. The van der Waals surface area contributed by atoms with Crippen molar-refractivity contribution in [2.45, 2.75) is 45.6 Å². The van der Waals surface area contributed by atoms with E-state index in [0.29, 0.717) is 0 Å². The van der Waals surface area contributed by atoms with Gasteiger partial charge in [-0.15, -0.1) is 11.6 Å². The predicted octanol–water partition coefficient (Wildman–Crippen LogP) is 3.57. The first-order chi connectivity index (χ1) is 8.16. The number of alkyl halides is 1. The monoisotopic (exact) mass is 267 g/mol. The highest BCUT2D eigenvalue weighted by Gasteiger charge is 2.23. The van der Waals surface area contributed by atoms with Crippen molar-refractivity contribution in [3.8, 4) is 0 Å². The smallest absolute Gasteiger partial charge is 0.235 e. The molecule has 0 unspecified atom stereocenters. The van der Waals surface area contributed by atoms with Crippen molar-refractivity contribution < 1.29 is 4.79 Å². The van der Waals surface area contributed by atoms with Crippen molar-refractivity contribution in [3.05, 3.63) is 35.4 Å². The molecule has 0 aliphatic rings. The Kier molecular flexibility index (Phi) is 4.44. The van der Waals surface area contributed by atoms with Crippen LogP contribution in [-0.4, -0.2) is 11.8 Å². The van der Waals surface area contributed by atoms with Gasteiger partial charge in [-0.2, -0.15) is 0 Å². The van der Waals surface area contributed by atoms with Gasteiger partial charge in [0.15, 0.2) is 0 Å². The van der Waals surface area contributed by atoms with Gasteiger partial charge in [-0.25, -0.2) is 0 Å². The van der Waals surface area contributed by atoms with E-state index in [-0.39, 0.29) is 17.2 Å². The Morgan fingerprint density at radius 2 is 1.50 bits per heavy atom. The summed E-state index contributed by atoms with van der Waals surface area (Å²) in [7, 11) is 0. The molecule has 0 spiro atoms. The van der Waals surface area contributed by atoms with E-state index in [4.69, 9.17) is 11.6 Å². The number of amides is 1. The van der Waals surface area contributed by atoms with E-state index >= 15 is 0 Å². The van der Waals surface area contributed by atoms with Gasteiger partial charge >= 0.3 is 0 Å². The highest BCUT2D eigenvalue weighted by atomic mass is 35.5. The van der Waals surface area contributed by atoms with Gasteiger partial charge in [0.05, 0.1) is 5.54 Å². The van der Waals surface area contributed by atoms with Gasteiger partial charge in [-0.05, 0) is 30.4 Å². The van der Waals surface area contributed by atoms with Crippen LogP contribution >= 0.6 is 11.6 Å². The van der Waals surface area contributed by atoms with Gasteiger partial charge in [-0.3, -0.25) is 4.79 Å². The van der Waals surface area contributed by atoms with Gasteiger partial charge in [0.25, 0.3) is 0 Å². The number of nitrogens with one attached hydrogen (secondary N) is 1. The zero-order valence-electron chi connectivity index (χ0n) is 11.8. The molecule has 0 aliphatic heterocycles. The first-order valence-electron chi connectivity index (χ1n) is 6.15. The molecule has 0 aromatic heterocycles. The summed E-state index contributed by atoms with van der Waals surface area (Å²) in [6.07, 6.45) is 0. The Morgan fingerprint density at radius 3 is 1.89 bits per heavy atom. The summed E-state index contributed by atoms with van der Waals surface area (Å²) in [4.78, 5) is 11.4. The summed E-state index contributed by atoms with van der Waals surface area (Å²) in [6.45, 7) is 10.5. The summed E-state index contributed by atoms with van der Waals surface area (Å²) in [5.41, 5.74) is 2.10. The quantitative estimate of drug-likeness (QED) is 0.834. The molecule has 1 aromatic rings. The summed E-state index contributed by atoms with van der Waals surface area (Å²) in [6, 6.07) is 8.36. The number of benzene rings is 1. The van der Waals surface area contributed by atoms with Crippen LogP contribution in [0.2, 0.25) is 0 Å². The Labute approximate surface area is 115 Å². The van der Waals surface area contributed by atoms with E-state index in [1.54, 1.807) is 0 Å². The lowest BCUT2D eigenvalue weighted by Gasteiger charge is -2.28. The maximum Gasteiger partial charge on any atom is 0.235 e. The minimum absolute atomic E-state index is 0.0104. The van der Waals surface area contributed by atoms with Gasteiger partial charge in [-0.1, -0.05) is 45.0 Å². The number of rotatable bonds is 3. The second-order valence-corrected chi connectivity index (χ2v) is 6.40. The highest BCUT2D eigenvalue weighted by molar-refractivity contribution is 6.27. The molecule has 0 saturated heterocycles. The summed E-state index contributed by atoms with van der Waals surface area (Å²) < 4.78 is 0. The molecule has 0 heterocycles. The Hall–Kier alpha value is -1.02. The van der Waals surface area contributed by atoms with Crippen LogP contribution in [0.25, 0.3) is 0 Å². The van der Waals surface area contributed by atoms with Crippen molar-refractivity contribution in [2.75, 3.05) is 5.88 Å². The fourth-order valence-electron chi connectivity index (χ4n) is 1.84. The van der Waals surface area contributed by atoms with Crippen LogP contribution < -0.4 is 5.32 Å². The number of carbonyl (C=O) groups excluding carboxylic acids is 1. The molecule has 100 valence electrons. The minimum Gasteiger partial charge on any atom is -0.346 e. The molecule has 1 aromatic carbocycles. The molecule has 1 amide bonds. The van der Waals surface area contributed by atoms with Crippen LogP contribution in [0.1, 0.15) is 45.7 Å². The van der Waals surface area contributed by atoms with Gasteiger partial charge in [0.1, 0.15) is 5.88 Å². The molecule has 2 nitrogen and oxygen atoms in total. The van der Waals surface area contributed by atoms with E-state index in [2.05, 4.69) is 50.4 Å². The van der Waals surface area contributed by atoms with E-state index in [0.717, 1.165) is 5.56 Å². The largest absolute Gasteiger partial charge is 0.346 e. The maximum absolute atomic E-state index is 11.4. The highest BCUT2D eigenvalue weighted by Crippen LogP contribution is 2.26. The standard InChI is InChI=1S/C15H22ClNO/c1-14(2,3)11-6-8-12(9-7-11)15(4,5)17-13(18)10-16/h6-9H,10H2,1-5H3,(H,17,18). The third-order valence-electron chi connectivity index (χ3n) is 3.05. The molecule has 0 atom stereocenters. The molecule has 1 rings (SSSR count). The topological polar surface area (TPSA) is 29.1 Å². The molecule has 18 heavy (non-hydrogen) atoms. The lowest BCUT2D eigenvalue weighted by atomic mass is 9.84. The van der Waals surface area contributed by atoms with Crippen molar-refractivity contribution in [3.63, 3.8) is 0 Å². The number of carbonyl (C=O) groups is 1. The zero-order valence-corrected chi connectivity index (χ0v) is 12.6. The average Bonchev–Trinajstić information content (AvgIpc) is 2.27. The number of halogens is 1. The Balaban J connectivity index is 2.94. The third-order valence-corrected chi connectivity index (χ3v) is 3.29. The fraction of sp³-hybridized carbons (Fsp3) is 0.533. The maximum atomic E-state index is 11.4. The molecular formula is C15H22ClNO. The normalized spacial score (nSPS) is 12.3. The van der Waals surface area contributed by atoms with E-state index in [9.17, 15) is 4.79 Å². The molecule has 0 aliphatic carbocycles. The van der Waals surface area contributed by atoms with Crippen LogP contribution in [0.3, 0.4) is 0 Å². The van der Waals surface area contributed by atoms with Crippen LogP contribution in [0, 0.1) is 0 Å². The summed E-state index contributed by atoms with van der Waals surface area (Å²) in [5, 5.41) is 2.91. The minimum atomic E-state index is -0.400. The van der Waals surface area contributed by atoms with Crippen LogP contribution in [-0.2, 0) is 15.7 Å². The number of hydrogen-bond donors (Lipinski definition) is 1. The molecular weight excluding hydrogens is 246 g/mol. The molecule has 0 radical (unpaired) electrons. The van der Waals surface area contributed by atoms with E-state index < -0.39 is 5.54 Å². The lowest BCUT2D eigenvalue weighted by Crippen LogP contribution is -2.41. The van der Waals surface area contributed by atoms with Crippen LogP contribution in [0.5, 0.6) is 0 Å². The zero-order chi connectivity index (χ0) is 14.0. The lowest BCUT2D eigenvalue weighted by molar-refractivity contribution is -0.120. The van der Waals surface area contributed by atoms with Crippen molar-refractivity contribution in [1.82, 2.24) is 5.32 Å². The number of hydrogen-bond acceptors (Lipinski definition) is 1. The average molecular weight is 268 g/mol. The molecule has 0 fully saturated rings. The Bertz CT molecular complexity index is 415. The van der Waals surface area contributed by atoms with E-state index in [1.807, 2.05) is 13.8 Å². The van der Waals surface area contributed by atoms with Crippen LogP contribution in [0.4, 0.5) is 0 Å².